The number of aromatic nitrogens is 3. The van der Waals surface area contributed by atoms with Crippen molar-refractivity contribution in [1.82, 2.24) is 15.0 Å². The molecule has 6 nitrogen and oxygen atoms in total. The van der Waals surface area contributed by atoms with Gasteiger partial charge in [-0.15, -0.1) is 17.4 Å². The molecule has 0 saturated heterocycles. The standard InChI is InChI=1S/C14H13N3O3/c1-2-3-10-20-13(18)8-9-17-14(19)11-6-4-5-7-12(11)15-16-17/h1,4-7H,3,8-10H2. The van der Waals surface area contributed by atoms with Gasteiger partial charge in [-0.2, -0.15) is 0 Å². The summed E-state index contributed by atoms with van der Waals surface area (Å²) in [6, 6.07) is 6.92. The number of ether oxygens (including phenoxy) is 1. The monoisotopic (exact) mass is 271 g/mol. The van der Waals surface area contributed by atoms with Crippen LogP contribution in [-0.4, -0.2) is 27.6 Å². The lowest BCUT2D eigenvalue weighted by Crippen LogP contribution is -2.25. The quantitative estimate of drug-likeness (QED) is 0.456. The fourth-order valence-corrected chi connectivity index (χ4v) is 1.66. The highest BCUT2D eigenvalue weighted by atomic mass is 16.5. The van der Waals surface area contributed by atoms with Gasteiger partial charge in [-0.05, 0) is 12.1 Å². The highest BCUT2D eigenvalue weighted by molar-refractivity contribution is 5.76. The van der Waals surface area contributed by atoms with Crippen LogP contribution in [0.3, 0.4) is 0 Å². The number of carbonyl (C=O) groups excluding carboxylic acids is 1. The molecule has 0 spiro atoms. The van der Waals surface area contributed by atoms with Gasteiger partial charge in [-0.1, -0.05) is 17.3 Å². The predicted octanol–water partition coefficient (Wildman–Crippen LogP) is 0.748. The summed E-state index contributed by atoms with van der Waals surface area (Å²) in [7, 11) is 0. The van der Waals surface area contributed by atoms with Crippen molar-refractivity contribution in [2.24, 2.45) is 0 Å². The molecule has 0 saturated carbocycles. The first-order valence-corrected chi connectivity index (χ1v) is 6.14. The molecule has 0 aliphatic heterocycles. The number of hydrogen-bond donors (Lipinski definition) is 0. The van der Waals surface area contributed by atoms with Crippen LogP contribution in [0.1, 0.15) is 12.8 Å². The average molecular weight is 271 g/mol. The van der Waals surface area contributed by atoms with Crippen LogP contribution in [0.15, 0.2) is 29.1 Å². The highest BCUT2D eigenvalue weighted by Gasteiger charge is 2.08. The first-order valence-electron chi connectivity index (χ1n) is 6.14. The van der Waals surface area contributed by atoms with E-state index in [1.165, 1.54) is 0 Å². The number of fused-ring (bicyclic) bond motifs is 1. The van der Waals surface area contributed by atoms with Gasteiger partial charge in [0, 0.05) is 6.42 Å². The molecule has 1 heterocycles. The summed E-state index contributed by atoms with van der Waals surface area (Å²) >= 11 is 0. The van der Waals surface area contributed by atoms with Gasteiger partial charge in [0.15, 0.2) is 0 Å². The lowest BCUT2D eigenvalue weighted by Gasteiger charge is -2.05. The van der Waals surface area contributed by atoms with Crippen molar-refractivity contribution >= 4 is 16.9 Å². The SMILES string of the molecule is C#CCCOC(=O)CCn1nnc2ccccc2c1=O. The predicted molar refractivity (Wildman–Crippen MR) is 72.8 cm³/mol. The van der Waals surface area contributed by atoms with Crippen molar-refractivity contribution in [2.45, 2.75) is 19.4 Å². The third kappa shape index (κ3) is 3.20. The second-order valence-electron chi connectivity index (χ2n) is 4.06. The Kier molecular flexibility index (Phi) is 4.45. The van der Waals surface area contributed by atoms with Gasteiger partial charge in [-0.3, -0.25) is 9.59 Å². The van der Waals surface area contributed by atoms with E-state index in [2.05, 4.69) is 16.2 Å². The number of benzene rings is 1. The Morgan fingerprint density at radius 2 is 2.20 bits per heavy atom. The molecule has 1 aromatic heterocycles. The van der Waals surface area contributed by atoms with E-state index in [0.717, 1.165) is 4.68 Å². The van der Waals surface area contributed by atoms with E-state index >= 15 is 0 Å². The smallest absolute Gasteiger partial charge is 0.307 e. The van der Waals surface area contributed by atoms with E-state index in [4.69, 9.17) is 11.2 Å². The van der Waals surface area contributed by atoms with Crippen LogP contribution in [0.2, 0.25) is 0 Å². The summed E-state index contributed by atoms with van der Waals surface area (Å²) in [5.74, 6) is 1.96. The maximum Gasteiger partial charge on any atom is 0.307 e. The van der Waals surface area contributed by atoms with Crippen LogP contribution < -0.4 is 5.56 Å². The molecule has 0 N–H and O–H groups in total. The third-order valence-corrected chi connectivity index (χ3v) is 2.67. The summed E-state index contributed by atoms with van der Waals surface area (Å²) < 4.78 is 6.04. The molecule has 0 bridgehead atoms. The van der Waals surface area contributed by atoms with Crippen molar-refractivity contribution in [3.63, 3.8) is 0 Å². The molecule has 1 aromatic carbocycles. The molecule has 20 heavy (non-hydrogen) atoms. The number of esters is 1. The van der Waals surface area contributed by atoms with E-state index in [1.54, 1.807) is 24.3 Å². The van der Waals surface area contributed by atoms with Crippen LogP contribution in [0.25, 0.3) is 10.9 Å². The molecule has 2 aromatic rings. The maximum absolute atomic E-state index is 12.1. The van der Waals surface area contributed by atoms with Gasteiger partial charge < -0.3 is 4.74 Å². The highest BCUT2D eigenvalue weighted by Crippen LogP contribution is 2.03. The Labute approximate surface area is 115 Å². The lowest BCUT2D eigenvalue weighted by atomic mass is 10.2. The number of terminal acetylenes is 1. The average Bonchev–Trinajstić information content (AvgIpc) is 2.47. The number of rotatable bonds is 5. The van der Waals surface area contributed by atoms with Crippen LogP contribution >= 0.6 is 0 Å². The van der Waals surface area contributed by atoms with Gasteiger partial charge >= 0.3 is 5.97 Å². The first kappa shape index (κ1) is 13.7. The summed E-state index contributed by atoms with van der Waals surface area (Å²) in [5, 5.41) is 8.19. The van der Waals surface area contributed by atoms with E-state index in [-0.39, 0.29) is 25.1 Å². The van der Waals surface area contributed by atoms with Gasteiger partial charge in [0.1, 0.15) is 12.1 Å². The van der Waals surface area contributed by atoms with E-state index in [9.17, 15) is 9.59 Å². The largest absolute Gasteiger partial charge is 0.465 e. The molecular formula is C14H13N3O3. The Morgan fingerprint density at radius 3 is 3.00 bits per heavy atom. The molecule has 0 fully saturated rings. The Bertz CT molecular complexity index is 715. The number of aryl methyl sites for hydroxylation is 1. The van der Waals surface area contributed by atoms with Crippen molar-refractivity contribution < 1.29 is 9.53 Å². The normalized spacial score (nSPS) is 10.2. The number of carbonyl (C=O) groups is 1. The van der Waals surface area contributed by atoms with Crippen LogP contribution in [0, 0.1) is 12.3 Å². The van der Waals surface area contributed by atoms with Crippen LogP contribution in [0.4, 0.5) is 0 Å². The summed E-state index contributed by atoms with van der Waals surface area (Å²) in [5.41, 5.74) is 0.261. The summed E-state index contributed by atoms with van der Waals surface area (Å²) in [6.45, 7) is 0.319. The van der Waals surface area contributed by atoms with Gasteiger partial charge in [0.05, 0.1) is 18.4 Å². The first-order chi connectivity index (χ1) is 9.72. The second-order valence-corrected chi connectivity index (χ2v) is 4.06. The Balaban J connectivity index is 2.04. The van der Waals surface area contributed by atoms with Crippen molar-refractivity contribution in [3.8, 4) is 12.3 Å². The molecular weight excluding hydrogens is 258 g/mol. The zero-order valence-corrected chi connectivity index (χ0v) is 10.8. The maximum atomic E-state index is 12.1. The van der Waals surface area contributed by atoms with E-state index in [1.807, 2.05) is 0 Å². The molecule has 0 unspecified atom stereocenters. The lowest BCUT2D eigenvalue weighted by molar-refractivity contribution is -0.143. The van der Waals surface area contributed by atoms with Crippen LogP contribution in [-0.2, 0) is 16.1 Å². The second kappa shape index (κ2) is 6.48. The fourth-order valence-electron chi connectivity index (χ4n) is 1.66. The fraction of sp³-hybridized carbons (Fsp3) is 0.286. The Morgan fingerprint density at radius 1 is 1.40 bits per heavy atom. The van der Waals surface area contributed by atoms with E-state index in [0.29, 0.717) is 17.3 Å². The minimum atomic E-state index is -0.415. The van der Waals surface area contributed by atoms with Crippen molar-refractivity contribution in [2.75, 3.05) is 6.61 Å². The number of hydrogen-bond acceptors (Lipinski definition) is 5. The van der Waals surface area contributed by atoms with Gasteiger partial charge in [0.2, 0.25) is 0 Å². The molecule has 6 heteroatoms. The topological polar surface area (TPSA) is 74.1 Å². The number of nitrogens with zero attached hydrogens (tertiary/aromatic N) is 3. The molecule has 0 radical (unpaired) electrons. The minimum Gasteiger partial charge on any atom is -0.465 e. The van der Waals surface area contributed by atoms with Crippen molar-refractivity contribution in [3.05, 3.63) is 34.6 Å². The van der Waals surface area contributed by atoms with Gasteiger partial charge in [0.25, 0.3) is 5.56 Å². The van der Waals surface area contributed by atoms with E-state index < -0.39 is 5.97 Å². The third-order valence-electron chi connectivity index (χ3n) is 2.67. The molecule has 0 amide bonds. The zero-order chi connectivity index (χ0) is 14.4. The minimum absolute atomic E-state index is 0.0531. The Hall–Kier alpha value is -2.68. The molecule has 0 atom stereocenters. The van der Waals surface area contributed by atoms with Gasteiger partial charge in [-0.25, -0.2) is 4.68 Å². The summed E-state index contributed by atoms with van der Waals surface area (Å²) in [6.07, 6.45) is 5.48. The summed E-state index contributed by atoms with van der Waals surface area (Å²) in [4.78, 5) is 23.5. The molecule has 102 valence electrons. The molecule has 0 aliphatic rings. The molecule has 0 aliphatic carbocycles. The zero-order valence-electron chi connectivity index (χ0n) is 10.8. The van der Waals surface area contributed by atoms with Crippen LogP contribution in [0.5, 0.6) is 0 Å². The molecule has 2 rings (SSSR count). The van der Waals surface area contributed by atoms with Crippen molar-refractivity contribution in [1.29, 1.82) is 0 Å².